The summed E-state index contributed by atoms with van der Waals surface area (Å²) in [5.74, 6) is -0.772. The van der Waals surface area contributed by atoms with Crippen LogP contribution in [0.3, 0.4) is 0 Å². The van der Waals surface area contributed by atoms with Gasteiger partial charge < -0.3 is 27.5 Å². The third kappa shape index (κ3) is 13.6. The average molecular weight is 809 g/mol. The molecule has 6 atom stereocenters. The molecule has 2 rings (SSSR count). The van der Waals surface area contributed by atoms with Crippen LogP contribution in [0.4, 0.5) is 0 Å². The van der Waals surface area contributed by atoms with Gasteiger partial charge in [0.05, 0.1) is 32.5 Å². The Bertz CT molecular complexity index is 1370. The predicted molar refractivity (Wildman–Crippen MR) is 229 cm³/mol. The minimum absolute atomic E-state index is 0.0586. The van der Waals surface area contributed by atoms with Crippen molar-refractivity contribution in [2.75, 3.05) is 6.61 Å². The standard InChI is InChI=1S/C41H76O8Si4/c1-30(42)44-28-23-26-32-34(46-38(43)31-24-21-20-22-25-31)36(48-52(16,17)40(5,6)7)37(49-53(18,19)41(8,9)10)35(45-32)33(27-29-50(11,12)13)47-51(14,15)39(2,3)4/h20-22,24-25,27,29,32-37H,23,26,28H2,1-19H3/b29-27+/t32-,33-,34-,35-,36-,37+/m0/s1. The number of hydrogen-bond acceptors (Lipinski definition) is 8. The molecule has 1 heterocycles. The summed E-state index contributed by atoms with van der Waals surface area (Å²) >= 11 is 0. The van der Waals surface area contributed by atoms with Gasteiger partial charge in [-0.15, -0.1) is 0 Å². The van der Waals surface area contributed by atoms with E-state index in [0.717, 1.165) is 0 Å². The van der Waals surface area contributed by atoms with Gasteiger partial charge in [0, 0.05) is 6.92 Å². The quantitative estimate of drug-likeness (QED) is 0.0983. The molecule has 0 amide bonds. The summed E-state index contributed by atoms with van der Waals surface area (Å²) in [6.45, 7) is 42.3. The summed E-state index contributed by atoms with van der Waals surface area (Å²) in [5.41, 5.74) is 2.80. The fourth-order valence-electron chi connectivity index (χ4n) is 5.27. The van der Waals surface area contributed by atoms with Gasteiger partial charge in [-0.2, -0.15) is 0 Å². The maximum absolute atomic E-state index is 14.0. The Kier molecular flexibility index (Phi) is 16.1. The van der Waals surface area contributed by atoms with Crippen molar-refractivity contribution in [3.05, 3.63) is 47.7 Å². The van der Waals surface area contributed by atoms with Crippen LogP contribution in [0.2, 0.25) is 74.0 Å². The van der Waals surface area contributed by atoms with Crippen molar-refractivity contribution in [3.63, 3.8) is 0 Å². The van der Waals surface area contributed by atoms with Gasteiger partial charge in [0.1, 0.15) is 18.3 Å². The number of rotatable bonds is 15. The Labute approximate surface area is 327 Å². The van der Waals surface area contributed by atoms with Crippen molar-refractivity contribution < 1.29 is 37.1 Å². The van der Waals surface area contributed by atoms with Gasteiger partial charge in [-0.3, -0.25) is 4.79 Å². The zero-order valence-electron chi connectivity index (χ0n) is 36.9. The topological polar surface area (TPSA) is 89.5 Å². The van der Waals surface area contributed by atoms with E-state index in [0.29, 0.717) is 18.4 Å². The summed E-state index contributed by atoms with van der Waals surface area (Å²) in [6, 6.07) is 9.08. The van der Waals surface area contributed by atoms with Gasteiger partial charge in [0.2, 0.25) is 0 Å². The first-order valence-electron chi connectivity index (χ1n) is 19.6. The summed E-state index contributed by atoms with van der Waals surface area (Å²) in [4.78, 5) is 25.8. The predicted octanol–water partition coefficient (Wildman–Crippen LogP) is 10.9. The molecule has 8 nitrogen and oxygen atoms in total. The molecule has 0 bridgehead atoms. The first-order valence-corrected chi connectivity index (χ1v) is 31.9. The van der Waals surface area contributed by atoms with Crippen LogP contribution in [0, 0.1) is 0 Å². The van der Waals surface area contributed by atoms with Gasteiger partial charge in [0.25, 0.3) is 0 Å². The summed E-state index contributed by atoms with van der Waals surface area (Å²) in [6.07, 6.45) is -0.408. The molecular formula is C41H76O8Si4. The summed E-state index contributed by atoms with van der Waals surface area (Å²) in [7, 11) is -9.07. The van der Waals surface area contributed by atoms with Crippen LogP contribution in [0.15, 0.2) is 42.1 Å². The summed E-state index contributed by atoms with van der Waals surface area (Å²) in [5, 5.41) is -0.326. The monoisotopic (exact) mass is 808 g/mol. The first kappa shape index (κ1) is 47.8. The van der Waals surface area contributed by atoms with E-state index in [4.69, 9.17) is 27.5 Å². The van der Waals surface area contributed by atoms with Crippen LogP contribution < -0.4 is 0 Å². The second-order valence-corrected chi connectivity index (χ2v) is 39.9. The van der Waals surface area contributed by atoms with Gasteiger partial charge in [0.15, 0.2) is 31.1 Å². The van der Waals surface area contributed by atoms with Crippen LogP contribution in [0.25, 0.3) is 0 Å². The van der Waals surface area contributed by atoms with E-state index < -0.39 is 75.6 Å². The Morgan fingerprint density at radius 1 is 0.736 bits per heavy atom. The highest BCUT2D eigenvalue weighted by atomic mass is 28.4. The highest BCUT2D eigenvalue weighted by Gasteiger charge is 2.57. The number of hydrogen-bond donors (Lipinski definition) is 0. The smallest absolute Gasteiger partial charge is 0.338 e. The second kappa shape index (κ2) is 17.8. The van der Waals surface area contributed by atoms with E-state index in [-0.39, 0.29) is 27.7 Å². The van der Waals surface area contributed by atoms with Crippen molar-refractivity contribution >= 4 is 45.0 Å². The minimum Gasteiger partial charge on any atom is -0.466 e. The largest absolute Gasteiger partial charge is 0.466 e. The van der Waals surface area contributed by atoms with Crippen LogP contribution in [0.1, 0.15) is 92.4 Å². The van der Waals surface area contributed by atoms with E-state index in [2.05, 4.69) is 133 Å². The number of benzene rings is 1. The molecule has 0 aliphatic carbocycles. The Morgan fingerprint density at radius 2 is 1.23 bits per heavy atom. The minimum atomic E-state index is -2.52. The first-order chi connectivity index (χ1) is 23.8. The number of carbonyl (C=O) groups is 2. The average Bonchev–Trinajstić information content (AvgIpc) is 2.97. The van der Waals surface area contributed by atoms with Crippen molar-refractivity contribution in [2.24, 2.45) is 0 Å². The van der Waals surface area contributed by atoms with E-state index in [1.807, 2.05) is 18.2 Å². The van der Waals surface area contributed by atoms with E-state index in [1.54, 1.807) is 12.1 Å². The third-order valence-corrected chi connectivity index (χ3v) is 26.3. The second-order valence-electron chi connectivity index (χ2n) is 20.6. The molecule has 1 aliphatic rings. The molecule has 12 heteroatoms. The molecule has 0 unspecified atom stereocenters. The zero-order valence-corrected chi connectivity index (χ0v) is 40.9. The van der Waals surface area contributed by atoms with Gasteiger partial charge in [-0.25, -0.2) is 4.79 Å². The molecular weight excluding hydrogens is 733 g/mol. The fourth-order valence-corrected chi connectivity index (χ4v) is 9.88. The molecule has 0 N–H and O–H groups in total. The van der Waals surface area contributed by atoms with Gasteiger partial charge in [-0.1, -0.05) is 112 Å². The van der Waals surface area contributed by atoms with E-state index in [1.165, 1.54) is 6.92 Å². The molecule has 1 aromatic rings. The fraction of sp³-hybridized carbons (Fsp3) is 0.756. The molecule has 1 aromatic carbocycles. The highest BCUT2D eigenvalue weighted by Crippen LogP contribution is 2.46. The zero-order chi connectivity index (χ0) is 41.0. The maximum Gasteiger partial charge on any atom is 0.338 e. The lowest BCUT2D eigenvalue weighted by Gasteiger charge is -2.54. The van der Waals surface area contributed by atoms with Crippen LogP contribution in [0.5, 0.6) is 0 Å². The Morgan fingerprint density at radius 3 is 1.68 bits per heavy atom. The lowest BCUT2D eigenvalue weighted by Crippen LogP contribution is -2.68. The highest BCUT2D eigenvalue weighted by molar-refractivity contribution is 6.81. The number of carbonyl (C=O) groups excluding carboxylic acids is 2. The van der Waals surface area contributed by atoms with Crippen LogP contribution >= 0.6 is 0 Å². The lowest BCUT2D eigenvalue weighted by atomic mass is 9.90. The molecule has 304 valence electrons. The Balaban J connectivity index is 2.99. The number of ether oxygens (including phenoxy) is 3. The number of esters is 2. The molecule has 0 spiro atoms. The Hall–Kier alpha value is -1.39. The lowest BCUT2D eigenvalue weighted by molar-refractivity contribution is -0.230. The van der Waals surface area contributed by atoms with Gasteiger partial charge >= 0.3 is 11.9 Å². The molecule has 0 aromatic heterocycles. The van der Waals surface area contributed by atoms with Crippen molar-refractivity contribution in [3.8, 4) is 0 Å². The van der Waals surface area contributed by atoms with Crippen molar-refractivity contribution in [2.45, 2.75) is 193 Å². The molecule has 1 saturated heterocycles. The summed E-state index contributed by atoms with van der Waals surface area (Å²) < 4.78 is 41.7. The van der Waals surface area contributed by atoms with Crippen molar-refractivity contribution in [1.29, 1.82) is 0 Å². The SMILES string of the molecule is CC(=O)OCCC[C@@H]1O[C@@H]([C@H](/C=C/[Si](C)(C)C)O[Si](C)(C)C(C)(C)C)[C@@H](O[Si](C)(C)C(C)(C)C)[C@@H](O[Si](C)(C)C(C)(C)C)[C@H]1OC(=O)c1ccccc1. The molecule has 53 heavy (non-hydrogen) atoms. The molecule has 0 radical (unpaired) electrons. The van der Waals surface area contributed by atoms with Crippen molar-refractivity contribution in [1.82, 2.24) is 0 Å². The molecule has 0 saturated carbocycles. The molecule has 1 aliphatic heterocycles. The van der Waals surface area contributed by atoms with Crippen LogP contribution in [-0.4, -0.2) is 88.2 Å². The van der Waals surface area contributed by atoms with E-state index in [9.17, 15) is 9.59 Å². The third-order valence-electron chi connectivity index (χ3n) is 11.7. The van der Waals surface area contributed by atoms with Gasteiger partial charge in [-0.05, 0) is 79.4 Å². The van der Waals surface area contributed by atoms with Crippen LogP contribution in [-0.2, 0) is 32.3 Å². The van der Waals surface area contributed by atoms with E-state index >= 15 is 0 Å². The molecule has 1 fully saturated rings. The normalized spacial score (nSPS) is 23.2. The maximum atomic E-state index is 14.0.